The third-order valence-electron chi connectivity index (χ3n) is 6.26. The summed E-state index contributed by atoms with van der Waals surface area (Å²) < 4.78 is 1.82. The van der Waals surface area contributed by atoms with E-state index in [9.17, 15) is 9.59 Å². The molecule has 0 saturated heterocycles. The number of carbonyl (C=O) groups is 2. The van der Waals surface area contributed by atoms with E-state index in [1.807, 2.05) is 92.4 Å². The molecular formula is C27H28N6O2. The minimum absolute atomic E-state index is 0.0369. The SMILES string of the molecule is Cn1ncc2cc(Nc3cccc4c3C(=O)N(CC(=O)Nc3cccc(C(C)(C)N)c3)C4)ccc21. The Labute approximate surface area is 203 Å². The Morgan fingerprint density at radius 3 is 2.69 bits per heavy atom. The molecule has 0 spiro atoms. The van der Waals surface area contributed by atoms with Gasteiger partial charge in [0.05, 0.1) is 23.0 Å². The third kappa shape index (κ3) is 4.48. The Kier molecular flexibility index (Phi) is 5.53. The summed E-state index contributed by atoms with van der Waals surface area (Å²) in [5, 5.41) is 11.6. The molecule has 8 heteroatoms. The van der Waals surface area contributed by atoms with Gasteiger partial charge in [-0.2, -0.15) is 5.10 Å². The first-order chi connectivity index (χ1) is 16.7. The highest BCUT2D eigenvalue weighted by molar-refractivity contribution is 6.06. The number of anilines is 3. The van der Waals surface area contributed by atoms with Crippen LogP contribution in [0.1, 0.15) is 35.3 Å². The van der Waals surface area contributed by atoms with Crippen molar-refractivity contribution in [3.05, 3.63) is 83.6 Å². The number of nitrogens with two attached hydrogens (primary N) is 1. The van der Waals surface area contributed by atoms with Crippen molar-refractivity contribution in [1.29, 1.82) is 0 Å². The molecule has 35 heavy (non-hydrogen) atoms. The Bertz CT molecular complexity index is 1450. The van der Waals surface area contributed by atoms with Crippen LogP contribution in [0.15, 0.2) is 66.9 Å². The Morgan fingerprint density at radius 2 is 1.89 bits per heavy atom. The third-order valence-corrected chi connectivity index (χ3v) is 6.26. The summed E-state index contributed by atoms with van der Waals surface area (Å²) in [7, 11) is 1.90. The van der Waals surface area contributed by atoms with E-state index in [0.29, 0.717) is 17.8 Å². The molecule has 0 saturated carbocycles. The van der Waals surface area contributed by atoms with Crippen molar-refractivity contribution in [2.75, 3.05) is 17.2 Å². The van der Waals surface area contributed by atoms with Crippen LogP contribution in [-0.2, 0) is 23.9 Å². The predicted molar refractivity (Wildman–Crippen MR) is 137 cm³/mol. The van der Waals surface area contributed by atoms with Crippen LogP contribution in [0, 0.1) is 0 Å². The van der Waals surface area contributed by atoms with Crippen LogP contribution < -0.4 is 16.4 Å². The van der Waals surface area contributed by atoms with Gasteiger partial charge in [0.15, 0.2) is 0 Å². The Balaban J connectivity index is 1.30. The lowest BCUT2D eigenvalue weighted by atomic mass is 9.95. The van der Waals surface area contributed by atoms with Crippen LogP contribution >= 0.6 is 0 Å². The van der Waals surface area contributed by atoms with Gasteiger partial charge in [0.25, 0.3) is 5.91 Å². The van der Waals surface area contributed by atoms with Crippen molar-refractivity contribution in [1.82, 2.24) is 14.7 Å². The van der Waals surface area contributed by atoms with Gasteiger partial charge in [-0.05, 0) is 61.4 Å². The molecule has 2 amide bonds. The summed E-state index contributed by atoms with van der Waals surface area (Å²) in [6, 6.07) is 19.1. The van der Waals surface area contributed by atoms with Gasteiger partial charge < -0.3 is 21.3 Å². The van der Waals surface area contributed by atoms with Crippen molar-refractivity contribution in [3.8, 4) is 0 Å². The van der Waals surface area contributed by atoms with Gasteiger partial charge in [-0.25, -0.2) is 0 Å². The van der Waals surface area contributed by atoms with E-state index in [2.05, 4.69) is 15.7 Å². The average molecular weight is 469 g/mol. The summed E-state index contributed by atoms with van der Waals surface area (Å²) in [6.07, 6.45) is 1.81. The highest BCUT2D eigenvalue weighted by atomic mass is 16.2. The monoisotopic (exact) mass is 468 g/mol. The van der Waals surface area contributed by atoms with Gasteiger partial charge in [0, 0.05) is 35.9 Å². The predicted octanol–water partition coefficient (Wildman–Crippen LogP) is 4.11. The largest absolute Gasteiger partial charge is 0.355 e. The van der Waals surface area contributed by atoms with Crippen molar-refractivity contribution >= 4 is 39.8 Å². The molecular weight excluding hydrogens is 440 g/mol. The lowest BCUT2D eigenvalue weighted by Crippen LogP contribution is -2.33. The standard InChI is InChI=1S/C27H28N6O2/c1-27(2,28)19-7-5-8-20(13-19)31-24(34)16-33-15-17-6-4-9-22(25(17)26(33)35)30-21-10-11-23-18(12-21)14-29-32(23)3/h4-14,30H,15-16,28H2,1-3H3,(H,31,34). The fraction of sp³-hybridized carbons (Fsp3) is 0.222. The molecule has 0 unspecified atom stereocenters. The smallest absolute Gasteiger partial charge is 0.257 e. The van der Waals surface area contributed by atoms with Crippen LogP contribution in [0.5, 0.6) is 0 Å². The average Bonchev–Trinajstić information content (AvgIpc) is 3.33. The first-order valence-electron chi connectivity index (χ1n) is 11.5. The molecule has 5 rings (SSSR count). The van der Waals surface area contributed by atoms with Crippen LogP contribution in [0.4, 0.5) is 17.1 Å². The number of nitrogens with one attached hydrogen (secondary N) is 2. The summed E-state index contributed by atoms with van der Waals surface area (Å²) in [4.78, 5) is 27.6. The zero-order valence-corrected chi connectivity index (χ0v) is 20.0. The molecule has 1 aliphatic heterocycles. The molecule has 1 aromatic heterocycles. The number of aromatic nitrogens is 2. The van der Waals surface area contributed by atoms with Gasteiger partial charge in [0.1, 0.15) is 6.54 Å². The van der Waals surface area contributed by atoms with E-state index < -0.39 is 5.54 Å². The van der Waals surface area contributed by atoms with Gasteiger partial charge in [-0.15, -0.1) is 0 Å². The van der Waals surface area contributed by atoms with Gasteiger partial charge in [-0.1, -0.05) is 24.3 Å². The van der Waals surface area contributed by atoms with Gasteiger partial charge in [-0.3, -0.25) is 14.3 Å². The van der Waals surface area contributed by atoms with E-state index in [4.69, 9.17) is 5.73 Å². The van der Waals surface area contributed by atoms with Crippen molar-refractivity contribution in [2.45, 2.75) is 25.9 Å². The van der Waals surface area contributed by atoms with E-state index in [-0.39, 0.29) is 18.4 Å². The molecule has 0 radical (unpaired) electrons. The zero-order chi connectivity index (χ0) is 24.7. The topological polar surface area (TPSA) is 105 Å². The molecule has 8 nitrogen and oxygen atoms in total. The number of aryl methyl sites for hydroxylation is 1. The van der Waals surface area contributed by atoms with Crippen molar-refractivity contribution in [3.63, 3.8) is 0 Å². The zero-order valence-electron chi connectivity index (χ0n) is 20.0. The lowest BCUT2D eigenvalue weighted by molar-refractivity contribution is -0.116. The van der Waals surface area contributed by atoms with Crippen LogP contribution in [0.3, 0.4) is 0 Å². The number of nitrogens with zero attached hydrogens (tertiary/aromatic N) is 3. The summed E-state index contributed by atoms with van der Waals surface area (Å²) >= 11 is 0. The second-order valence-corrected chi connectivity index (χ2v) is 9.52. The first-order valence-corrected chi connectivity index (χ1v) is 11.5. The lowest BCUT2D eigenvalue weighted by Gasteiger charge is -2.20. The minimum atomic E-state index is -0.516. The summed E-state index contributed by atoms with van der Waals surface area (Å²) in [5.41, 5.74) is 11.3. The van der Waals surface area contributed by atoms with E-state index in [1.54, 1.807) is 4.90 Å². The molecule has 4 aromatic rings. The van der Waals surface area contributed by atoms with Crippen LogP contribution in [0.2, 0.25) is 0 Å². The van der Waals surface area contributed by atoms with Crippen molar-refractivity contribution in [2.24, 2.45) is 12.8 Å². The maximum Gasteiger partial charge on any atom is 0.257 e. The van der Waals surface area contributed by atoms with E-state index in [0.717, 1.165) is 33.4 Å². The van der Waals surface area contributed by atoms with Crippen molar-refractivity contribution < 1.29 is 9.59 Å². The fourth-order valence-electron chi connectivity index (χ4n) is 4.42. The maximum absolute atomic E-state index is 13.3. The number of hydrogen-bond donors (Lipinski definition) is 3. The second-order valence-electron chi connectivity index (χ2n) is 9.52. The molecule has 0 fully saturated rings. The highest BCUT2D eigenvalue weighted by Gasteiger charge is 2.31. The summed E-state index contributed by atoms with van der Waals surface area (Å²) in [5.74, 6) is -0.424. The second kappa shape index (κ2) is 8.56. The summed E-state index contributed by atoms with van der Waals surface area (Å²) in [6.45, 7) is 4.17. The van der Waals surface area contributed by atoms with E-state index >= 15 is 0 Å². The Hall–Kier alpha value is -4.17. The molecule has 2 heterocycles. The molecule has 0 atom stereocenters. The molecule has 1 aliphatic rings. The van der Waals surface area contributed by atoms with E-state index in [1.165, 1.54) is 0 Å². The normalized spacial score (nSPS) is 13.3. The number of carbonyl (C=O) groups excluding carboxylic acids is 2. The van der Waals surface area contributed by atoms with Gasteiger partial charge in [0.2, 0.25) is 5.91 Å². The fourth-order valence-corrected chi connectivity index (χ4v) is 4.42. The first kappa shape index (κ1) is 22.6. The van der Waals surface area contributed by atoms with Crippen LogP contribution in [0.25, 0.3) is 10.9 Å². The van der Waals surface area contributed by atoms with Gasteiger partial charge >= 0.3 is 0 Å². The molecule has 0 bridgehead atoms. The number of amides is 2. The highest BCUT2D eigenvalue weighted by Crippen LogP contribution is 2.32. The quantitative estimate of drug-likeness (QED) is 0.395. The molecule has 3 aromatic carbocycles. The molecule has 178 valence electrons. The Morgan fingerprint density at radius 1 is 1.09 bits per heavy atom. The number of hydrogen-bond acceptors (Lipinski definition) is 5. The van der Waals surface area contributed by atoms with Crippen LogP contribution in [-0.4, -0.2) is 33.0 Å². The maximum atomic E-state index is 13.3. The molecule has 0 aliphatic carbocycles. The minimum Gasteiger partial charge on any atom is -0.355 e. The number of fused-ring (bicyclic) bond motifs is 2. The number of benzene rings is 3. The molecule has 4 N–H and O–H groups in total. The number of rotatable bonds is 6.